The first-order valence-electron chi connectivity index (χ1n) is 8.29. The third kappa shape index (κ3) is 2.37. The molecule has 1 saturated carbocycles. The van der Waals surface area contributed by atoms with Crippen molar-refractivity contribution in [1.82, 2.24) is 5.32 Å². The minimum atomic E-state index is -0.688. The van der Waals surface area contributed by atoms with E-state index in [1.807, 2.05) is 0 Å². The highest BCUT2D eigenvalue weighted by Gasteiger charge is 2.60. The molecule has 4 heteroatoms. The zero-order valence-electron chi connectivity index (χ0n) is 12.8. The van der Waals surface area contributed by atoms with Crippen LogP contribution in [0.25, 0.3) is 0 Å². The molecule has 1 saturated heterocycles. The van der Waals surface area contributed by atoms with Gasteiger partial charge >= 0.3 is 0 Å². The third-order valence-electron chi connectivity index (χ3n) is 5.69. The van der Waals surface area contributed by atoms with Crippen molar-refractivity contribution >= 4 is 17.7 Å². The Balaban J connectivity index is 1.44. The number of carbonyl (C=O) groups excluding carboxylic acids is 1. The molecule has 0 radical (unpaired) electrons. The Morgan fingerprint density at radius 2 is 2.23 bits per heavy atom. The van der Waals surface area contributed by atoms with Crippen LogP contribution in [0, 0.1) is 5.92 Å². The molecule has 2 fully saturated rings. The number of aryl methyl sites for hydroxylation is 1. The van der Waals surface area contributed by atoms with Gasteiger partial charge in [-0.05, 0) is 49.0 Å². The highest BCUT2D eigenvalue weighted by Crippen LogP contribution is 2.60. The van der Waals surface area contributed by atoms with Crippen molar-refractivity contribution in [3.05, 3.63) is 35.4 Å². The molecule has 118 valence electrons. The van der Waals surface area contributed by atoms with Crippen LogP contribution in [-0.4, -0.2) is 34.7 Å². The largest absolute Gasteiger partial charge is 0.387 e. The minimum absolute atomic E-state index is 0.0893. The predicted octanol–water partition coefficient (Wildman–Crippen LogP) is 2.26. The Labute approximate surface area is 135 Å². The molecule has 2 N–H and O–H groups in total. The van der Waals surface area contributed by atoms with E-state index in [0.717, 1.165) is 37.2 Å². The van der Waals surface area contributed by atoms with Crippen molar-refractivity contribution in [2.75, 3.05) is 18.1 Å². The summed E-state index contributed by atoms with van der Waals surface area (Å²) >= 11 is 1.77. The van der Waals surface area contributed by atoms with Crippen molar-refractivity contribution in [2.24, 2.45) is 5.92 Å². The SMILES string of the molecule is O=C(NCC1(O)CCSC1)C1CC12CCCc1ccccc12. The molecule has 0 aromatic heterocycles. The van der Waals surface area contributed by atoms with Gasteiger partial charge < -0.3 is 10.4 Å². The van der Waals surface area contributed by atoms with Crippen LogP contribution in [0.3, 0.4) is 0 Å². The number of fused-ring (bicyclic) bond motifs is 2. The maximum Gasteiger partial charge on any atom is 0.224 e. The first kappa shape index (κ1) is 14.6. The standard InChI is InChI=1S/C18H23NO2S/c20-16(19-11-17(21)8-9-22-12-17)15-10-18(15)7-3-5-13-4-1-2-6-14(13)18/h1-2,4,6,15,21H,3,5,7-12H2,(H,19,20). The number of benzene rings is 1. The van der Waals surface area contributed by atoms with Gasteiger partial charge in [-0.25, -0.2) is 0 Å². The molecule has 3 atom stereocenters. The molecule has 1 aromatic carbocycles. The molecule has 1 aliphatic heterocycles. The second-order valence-corrected chi connectivity index (χ2v) is 8.27. The van der Waals surface area contributed by atoms with Gasteiger partial charge in [-0.2, -0.15) is 11.8 Å². The van der Waals surface area contributed by atoms with Crippen LogP contribution >= 0.6 is 11.8 Å². The number of carbonyl (C=O) groups is 1. The molecule has 22 heavy (non-hydrogen) atoms. The number of aliphatic hydroxyl groups is 1. The normalized spacial score (nSPS) is 36.1. The monoisotopic (exact) mass is 317 g/mol. The van der Waals surface area contributed by atoms with Gasteiger partial charge in [-0.1, -0.05) is 24.3 Å². The summed E-state index contributed by atoms with van der Waals surface area (Å²) in [7, 11) is 0. The van der Waals surface area contributed by atoms with Gasteiger partial charge in [0.2, 0.25) is 5.91 Å². The molecular weight excluding hydrogens is 294 g/mol. The lowest BCUT2D eigenvalue weighted by Crippen LogP contribution is -2.44. The van der Waals surface area contributed by atoms with Crippen LogP contribution in [-0.2, 0) is 16.6 Å². The second kappa shape index (κ2) is 5.27. The molecule has 3 unspecified atom stereocenters. The number of amides is 1. The number of hydrogen-bond donors (Lipinski definition) is 2. The van der Waals surface area contributed by atoms with E-state index in [1.54, 1.807) is 11.8 Å². The van der Waals surface area contributed by atoms with Crippen molar-refractivity contribution in [3.8, 4) is 0 Å². The lowest BCUT2D eigenvalue weighted by molar-refractivity contribution is -0.123. The molecule has 1 aromatic rings. The van der Waals surface area contributed by atoms with Crippen molar-refractivity contribution < 1.29 is 9.90 Å². The van der Waals surface area contributed by atoms with Crippen molar-refractivity contribution in [2.45, 2.75) is 43.1 Å². The summed E-state index contributed by atoms with van der Waals surface area (Å²) in [6.45, 7) is 0.410. The van der Waals surface area contributed by atoms with Crippen LogP contribution in [0.2, 0.25) is 0 Å². The van der Waals surface area contributed by atoms with E-state index in [4.69, 9.17) is 0 Å². The quantitative estimate of drug-likeness (QED) is 0.899. The smallest absolute Gasteiger partial charge is 0.224 e. The molecule has 3 nitrogen and oxygen atoms in total. The molecular formula is C18H23NO2S. The van der Waals surface area contributed by atoms with Gasteiger partial charge in [0.1, 0.15) is 0 Å². The third-order valence-corrected chi connectivity index (χ3v) is 6.92. The lowest BCUT2D eigenvalue weighted by atomic mass is 9.78. The van der Waals surface area contributed by atoms with Crippen molar-refractivity contribution in [1.29, 1.82) is 0 Å². The van der Waals surface area contributed by atoms with Gasteiger partial charge in [-0.15, -0.1) is 0 Å². The van der Waals surface area contributed by atoms with Crippen LogP contribution in [0.15, 0.2) is 24.3 Å². The molecule has 0 bridgehead atoms. The number of rotatable bonds is 3. The van der Waals surface area contributed by atoms with Crippen LogP contribution in [0.1, 0.15) is 36.8 Å². The zero-order valence-corrected chi connectivity index (χ0v) is 13.6. The highest BCUT2D eigenvalue weighted by atomic mass is 32.2. The molecule has 3 aliphatic rings. The minimum Gasteiger partial charge on any atom is -0.387 e. The summed E-state index contributed by atoms with van der Waals surface area (Å²) < 4.78 is 0. The molecule has 1 spiro atoms. The van der Waals surface area contributed by atoms with E-state index < -0.39 is 5.60 Å². The van der Waals surface area contributed by atoms with E-state index in [-0.39, 0.29) is 17.2 Å². The van der Waals surface area contributed by atoms with Crippen molar-refractivity contribution in [3.63, 3.8) is 0 Å². The van der Waals surface area contributed by atoms with Gasteiger partial charge in [0.05, 0.1) is 5.60 Å². The lowest BCUT2D eigenvalue weighted by Gasteiger charge is -2.27. The Morgan fingerprint density at radius 1 is 1.36 bits per heavy atom. The maximum absolute atomic E-state index is 12.6. The summed E-state index contributed by atoms with van der Waals surface area (Å²) in [6, 6.07) is 8.62. The van der Waals surface area contributed by atoms with E-state index in [9.17, 15) is 9.90 Å². The van der Waals surface area contributed by atoms with E-state index in [2.05, 4.69) is 29.6 Å². The van der Waals surface area contributed by atoms with Crippen LogP contribution in [0.5, 0.6) is 0 Å². The van der Waals surface area contributed by atoms with E-state index in [1.165, 1.54) is 17.5 Å². The Bertz CT molecular complexity index is 597. The fraction of sp³-hybridized carbons (Fsp3) is 0.611. The highest BCUT2D eigenvalue weighted by molar-refractivity contribution is 7.99. The first-order chi connectivity index (χ1) is 10.6. The van der Waals surface area contributed by atoms with Gasteiger partial charge in [-0.3, -0.25) is 4.79 Å². The van der Waals surface area contributed by atoms with E-state index >= 15 is 0 Å². The van der Waals surface area contributed by atoms with Gasteiger partial charge in [0, 0.05) is 23.6 Å². The second-order valence-electron chi connectivity index (χ2n) is 7.17. The predicted molar refractivity (Wildman–Crippen MR) is 89.1 cm³/mol. The molecule has 4 rings (SSSR count). The average molecular weight is 317 g/mol. The van der Waals surface area contributed by atoms with Gasteiger partial charge in [0.25, 0.3) is 0 Å². The summed E-state index contributed by atoms with van der Waals surface area (Å²) in [4.78, 5) is 12.6. The van der Waals surface area contributed by atoms with Crippen LogP contribution < -0.4 is 5.32 Å². The Morgan fingerprint density at radius 3 is 3.05 bits per heavy atom. The van der Waals surface area contributed by atoms with Gasteiger partial charge in [0.15, 0.2) is 0 Å². The topological polar surface area (TPSA) is 49.3 Å². The number of thioether (sulfide) groups is 1. The summed E-state index contributed by atoms with van der Waals surface area (Å²) in [5, 5.41) is 13.4. The molecule has 2 aliphatic carbocycles. The fourth-order valence-corrected chi connectivity index (χ4v) is 5.58. The maximum atomic E-state index is 12.6. The Kier molecular flexibility index (Phi) is 3.50. The average Bonchev–Trinajstić information content (AvgIpc) is 3.08. The molecule has 1 amide bonds. The number of nitrogens with one attached hydrogen (secondary N) is 1. The summed E-state index contributed by atoms with van der Waals surface area (Å²) in [6.07, 6.45) is 5.21. The Hall–Kier alpha value is -1.00. The van der Waals surface area contributed by atoms with E-state index in [0.29, 0.717) is 6.54 Å². The first-order valence-corrected chi connectivity index (χ1v) is 9.45. The molecule has 1 heterocycles. The summed E-state index contributed by atoms with van der Waals surface area (Å²) in [5.74, 6) is 1.98. The fourth-order valence-electron chi connectivity index (χ4n) is 4.29. The van der Waals surface area contributed by atoms with Crippen LogP contribution in [0.4, 0.5) is 0 Å². The zero-order chi connectivity index (χ0) is 15.2. The summed E-state index contributed by atoms with van der Waals surface area (Å²) in [5.41, 5.74) is 2.23. The number of hydrogen-bond acceptors (Lipinski definition) is 3.